The second-order valence-electron chi connectivity index (χ2n) is 12.5. The summed E-state index contributed by atoms with van der Waals surface area (Å²) in [4.78, 5) is 2.35. The number of anilines is 3. The van der Waals surface area contributed by atoms with Gasteiger partial charge < -0.3 is 9.64 Å². The first kappa shape index (κ1) is 26.1. The van der Waals surface area contributed by atoms with E-state index in [0.29, 0.717) is 0 Å². The molecule has 0 unspecified atom stereocenters. The molecule has 1 aliphatic heterocycles. The monoisotopic (exact) mass is 599 g/mol. The van der Waals surface area contributed by atoms with Crippen LogP contribution in [0.15, 0.2) is 176 Å². The van der Waals surface area contributed by atoms with Crippen molar-refractivity contribution in [1.82, 2.24) is 0 Å². The van der Waals surface area contributed by atoms with E-state index in [1.165, 1.54) is 44.2 Å². The van der Waals surface area contributed by atoms with E-state index in [4.69, 9.17) is 4.74 Å². The second-order valence-corrected chi connectivity index (χ2v) is 12.5. The van der Waals surface area contributed by atoms with Crippen molar-refractivity contribution in [3.8, 4) is 22.6 Å². The first-order valence-corrected chi connectivity index (χ1v) is 16.2. The first-order valence-electron chi connectivity index (χ1n) is 16.2. The third-order valence-corrected chi connectivity index (χ3v) is 10.1. The summed E-state index contributed by atoms with van der Waals surface area (Å²) in [6.45, 7) is 0. The molecule has 1 heterocycles. The third-order valence-electron chi connectivity index (χ3n) is 10.1. The largest absolute Gasteiger partial charge is 0.455 e. The Morgan fingerprint density at radius 3 is 1.47 bits per heavy atom. The Kier molecular flexibility index (Phi) is 5.53. The van der Waals surface area contributed by atoms with Crippen LogP contribution in [0.2, 0.25) is 0 Å². The lowest BCUT2D eigenvalue weighted by Crippen LogP contribution is -2.32. The maximum Gasteiger partial charge on any atom is 0.140 e. The Balaban J connectivity index is 1.31. The van der Waals surface area contributed by atoms with Gasteiger partial charge in [0.15, 0.2) is 0 Å². The summed E-state index contributed by atoms with van der Waals surface area (Å²) in [6.07, 6.45) is 0. The fraction of sp³-hybridized carbons (Fsp3) is 0.0222. The van der Waals surface area contributed by atoms with Crippen molar-refractivity contribution < 1.29 is 4.74 Å². The highest BCUT2D eigenvalue weighted by Crippen LogP contribution is 2.64. The Morgan fingerprint density at radius 1 is 0.362 bits per heavy atom. The average Bonchev–Trinajstić information content (AvgIpc) is 3.42. The fourth-order valence-corrected chi connectivity index (χ4v) is 8.14. The fourth-order valence-electron chi connectivity index (χ4n) is 8.14. The SMILES string of the molecule is c1ccc(N(c2ccccc2)c2ccc3c(c2)-c2ccccc2C32c3ccc4ccccc4c3Oc3c2ccc2ccccc32)cc1. The molecule has 0 saturated carbocycles. The van der Waals surface area contributed by atoms with Crippen molar-refractivity contribution in [3.63, 3.8) is 0 Å². The molecule has 2 nitrogen and oxygen atoms in total. The Bertz CT molecular complexity index is 2370. The number of para-hydroxylation sites is 2. The quantitative estimate of drug-likeness (QED) is 0.200. The van der Waals surface area contributed by atoms with Gasteiger partial charge >= 0.3 is 0 Å². The molecule has 2 heteroatoms. The highest BCUT2D eigenvalue weighted by Gasteiger charge is 2.51. The standard InChI is InChI=1S/C45H29NO/c1-3-15-32(16-4-1)46(33-17-5-2-6-18-33)34-25-28-40-38(29-34)37-21-11-12-22-39(37)45(40)41-26-23-30-13-7-9-19-35(30)43(41)47-44-36-20-10-8-14-31(36)24-27-42(44)45/h1-29H. The predicted molar refractivity (Wildman–Crippen MR) is 194 cm³/mol. The summed E-state index contributed by atoms with van der Waals surface area (Å²) in [6, 6.07) is 63.6. The molecule has 0 bridgehead atoms. The van der Waals surface area contributed by atoms with Crippen LogP contribution in [0, 0.1) is 0 Å². The molecule has 220 valence electrons. The zero-order valence-electron chi connectivity index (χ0n) is 25.6. The molecule has 1 aliphatic carbocycles. The molecule has 0 atom stereocenters. The van der Waals surface area contributed by atoms with Gasteiger partial charge in [0.05, 0.1) is 5.41 Å². The highest BCUT2D eigenvalue weighted by atomic mass is 16.5. The van der Waals surface area contributed by atoms with Crippen LogP contribution < -0.4 is 9.64 Å². The smallest absolute Gasteiger partial charge is 0.140 e. The Hall–Kier alpha value is -6.12. The topological polar surface area (TPSA) is 12.5 Å². The van der Waals surface area contributed by atoms with Crippen LogP contribution in [-0.2, 0) is 5.41 Å². The van der Waals surface area contributed by atoms with Gasteiger partial charge in [-0.3, -0.25) is 0 Å². The molecular weight excluding hydrogens is 571 g/mol. The van der Waals surface area contributed by atoms with Crippen LogP contribution in [0.3, 0.4) is 0 Å². The van der Waals surface area contributed by atoms with Crippen molar-refractivity contribution in [3.05, 3.63) is 198 Å². The van der Waals surface area contributed by atoms with Gasteiger partial charge in [-0.1, -0.05) is 140 Å². The minimum absolute atomic E-state index is 0.550. The summed E-state index contributed by atoms with van der Waals surface area (Å²) < 4.78 is 7.09. The molecule has 0 N–H and O–H groups in total. The number of fused-ring (bicyclic) bond motifs is 13. The zero-order valence-corrected chi connectivity index (χ0v) is 25.6. The predicted octanol–water partition coefficient (Wildman–Crippen LogP) is 11.9. The van der Waals surface area contributed by atoms with Crippen molar-refractivity contribution >= 4 is 38.6 Å². The van der Waals surface area contributed by atoms with Crippen LogP contribution in [0.25, 0.3) is 32.7 Å². The number of hydrogen-bond donors (Lipinski definition) is 0. The van der Waals surface area contributed by atoms with Gasteiger partial charge in [-0.05, 0) is 69.4 Å². The Labute approximate surface area is 273 Å². The van der Waals surface area contributed by atoms with E-state index in [1.807, 2.05) is 0 Å². The first-order chi connectivity index (χ1) is 23.3. The van der Waals surface area contributed by atoms with E-state index in [1.54, 1.807) is 0 Å². The van der Waals surface area contributed by atoms with E-state index in [-0.39, 0.29) is 0 Å². The number of benzene rings is 8. The minimum Gasteiger partial charge on any atom is -0.455 e. The van der Waals surface area contributed by atoms with E-state index in [0.717, 1.165) is 39.3 Å². The van der Waals surface area contributed by atoms with Crippen LogP contribution in [0.1, 0.15) is 22.3 Å². The second kappa shape index (κ2) is 9.94. The maximum absolute atomic E-state index is 7.09. The van der Waals surface area contributed by atoms with Gasteiger partial charge in [0.1, 0.15) is 11.5 Å². The molecule has 0 radical (unpaired) electrons. The summed E-state index contributed by atoms with van der Waals surface area (Å²) in [7, 11) is 0. The van der Waals surface area contributed by atoms with Gasteiger partial charge in [0, 0.05) is 39.0 Å². The van der Waals surface area contributed by atoms with Crippen molar-refractivity contribution in [2.45, 2.75) is 5.41 Å². The van der Waals surface area contributed by atoms with Gasteiger partial charge in [-0.15, -0.1) is 0 Å². The molecule has 1 spiro atoms. The van der Waals surface area contributed by atoms with Crippen LogP contribution in [-0.4, -0.2) is 0 Å². The van der Waals surface area contributed by atoms with Gasteiger partial charge in [-0.25, -0.2) is 0 Å². The van der Waals surface area contributed by atoms with Crippen molar-refractivity contribution in [1.29, 1.82) is 0 Å². The molecule has 8 aromatic carbocycles. The average molecular weight is 600 g/mol. The molecular formula is C45H29NO. The molecule has 0 fully saturated rings. The number of rotatable bonds is 3. The maximum atomic E-state index is 7.09. The number of ether oxygens (including phenoxy) is 1. The number of hydrogen-bond acceptors (Lipinski definition) is 2. The van der Waals surface area contributed by atoms with E-state index in [2.05, 4.69) is 181 Å². The minimum atomic E-state index is -0.550. The molecule has 8 aromatic rings. The molecule has 47 heavy (non-hydrogen) atoms. The third kappa shape index (κ3) is 3.61. The van der Waals surface area contributed by atoms with Crippen LogP contribution in [0.5, 0.6) is 11.5 Å². The van der Waals surface area contributed by atoms with Crippen molar-refractivity contribution in [2.75, 3.05) is 4.90 Å². The summed E-state index contributed by atoms with van der Waals surface area (Å²) >= 11 is 0. The highest BCUT2D eigenvalue weighted by molar-refractivity contribution is 6.00. The van der Waals surface area contributed by atoms with Crippen LogP contribution in [0.4, 0.5) is 17.1 Å². The number of nitrogens with zero attached hydrogens (tertiary/aromatic N) is 1. The summed E-state index contributed by atoms with van der Waals surface area (Å²) in [5.74, 6) is 1.88. The molecule has 0 aromatic heterocycles. The normalized spacial score (nSPS) is 13.4. The lowest BCUT2D eigenvalue weighted by molar-refractivity contribution is 0.447. The lowest BCUT2D eigenvalue weighted by atomic mass is 9.65. The van der Waals surface area contributed by atoms with Crippen LogP contribution >= 0.6 is 0 Å². The van der Waals surface area contributed by atoms with Gasteiger partial charge in [-0.2, -0.15) is 0 Å². The molecule has 2 aliphatic rings. The van der Waals surface area contributed by atoms with Gasteiger partial charge in [0.25, 0.3) is 0 Å². The van der Waals surface area contributed by atoms with E-state index in [9.17, 15) is 0 Å². The zero-order chi connectivity index (χ0) is 31.0. The summed E-state index contributed by atoms with van der Waals surface area (Å²) in [5.41, 5.74) is 10.2. The lowest BCUT2D eigenvalue weighted by Gasteiger charge is -2.40. The molecule has 10 rings (SSSR count). The molecule has 0 amide bonds. The summed E-state index contributed by atoms with van der Waals surface area (Å²) in [5, 5.41) is 4.61. The Morgan fingerprint density at radius 2 is 0.851 bits per heavy atom. The van der Waals surface area contributed by atoms with E-state index >= 15 is 0 Å². The molecule has 0 saturated heterocycles. The van der Waals surface area contributed by atoms with Gasteiger partial charge in [0.2, 0.25) is 0 Å². The van der Waals surface area contributed by atoms with Crippen molar-refractivity contribution in [2.24, 2.45) is 0 Å². The van der Waals surface area contributed by atoms with E-state index < -0.39 is 5.41 Å².